The van der Waals surface area contributed by atoms with Gasteiger partial charge in [-0.25, -0.2) is 4.98 Å². The molecule has 5 heteroatoms. The quantitative estimate of drug-likeness (QED) is 0.733. The molecule has 0 spiro atoms. The van der Waals surface area contributed by atoms with Crippen molar-refractivity contribution in [3.8, 4) is 0 Å². The van der Waals surface area contributed by atoms with Crippen LogP contribution in [0.25, 0.3) is 0 Å². The first-order valence-corrected chi connectivity index (χ1v) is 7.27. The molecule has 0 unspecified atom stereocenters. The summed E-state index contributed by atoms with van der Waals surface area (Å²) in [5.74, 6) is -0.0428. The van der Waals surface area contributed by atoms with Crippen LogP contribution in [0, 0.1) is 0 Å². The van der Waals surface area contributed by atoms with Crippen LogP contribution in [0.5, 0.6) is 0 Å². The van der Waals surface area contributed by atoms with Gasteiger partial charge in [-0.1, -0.05) is 12.1 Å². The number of imidazole rings is 1. The summed E-state index contributed by atoms with van der Waals surface area (Å²) in [5, 5.41) is 6.19. The summed E-state index contributed by atoms with van der Waals surface area (Å²) < 4.78 is 2.10. The summed E-state index contributed by atoms with van der Waals surface area (Å²) in [7, 11) is 0. The normalized spacial score (nSPS) is 10.5. The van der Waals surface area contributed by atoms with Crippen molar-refractivity contribution < 1.29 is 4.79 Å². The van der Waals surface area contributed by atoms with Crippen LogP contribution in [-0.4, -0.2) is 22.0 Å². The van der Waals surface area contributed by atoms with E-state index in [2.05, 4.69) is 20.2 Å². The summed E-state index contributed by atoms with van der Waals surface area (Å²) in [6.07, 6.45) is 7.93. The molecule has 1 aromatic heterocycles. The predicted molar refractivity (Wildman–Crippen MR) is 83.9 cm³/mol. The number of nitrogens with one attached hydrogen (secondary N) is 2. The summed E-state index contributed by atoms with van der Waals surface area (Å²) in [6.45, 7) is 4.39. The molecule has 0 aliphatic carbocycles. The van der Waals surface area contributed by atoms with E-state index in [0.29, 0.717) is 0 Å². The third-order valence-electron chi connectivity index (χ3n) is 3.18. The molecule has 0 radical (unpaired) electrons. The summed E-state index contributed by atoms with van der Waals surface area (Å²) >= 11 is 0. The van der Waals surface area contributed by atoms with Crippen LogP contribution in [0.2, 0.25) is 0 Å². The van der Waals surface area contributed by atoms with Gasteiger partial charge in [0, 0.05) is 38.1 Å². The van der Waals surface area contributed by atoms with Gasteiger partial charge in [0.25, 0.3) is 0 Å². The summed E-state index contributed by atoms with van der Waals surface area (Å²) in [6, 6.07) is 7.92. The van der Waals surface area contributed by atoms with Crippen molar-refractivity contribution in [2.75, 3.05) is 11.9 Å². The maximum absolute atomic E-state index is 10.9. The number of anilines is 1. The lowest BCUT2D eigenvalue weighted by molar-refractivity contribution is -0.114. The van der Waals surface area contributed by atoms with Crippen molar-refractivity contribution in [2.24, 2.45) is 0 Å². The molecule has 112 valence electrons. The van der Waals surface area contributed by atoms with E-state index in [1.807, 2.05) is 43.0 Å². The molecule has 0 saturated heterocycles. The Kier molecular flexibility index (Phi) is 5.97. The minimum Gasteiger partial charge on any atom is -0.337 e. The zero-order valence-corrected chi connectivity index (χ0v) is 12.4. The number of carbonyl (C=O) groups is 1. The second-order valence-electron chi connectivity index (χ2n) is 5.06. The fourth-order valence-corrected chi connectivity index (χ4v) is 2.11. The second-order valence-corrected chi connectivity index (χ2v) is 5.06. The lowest BCUT2D eigenvalue weighted by atomic mass is 10.2. The highest BCUT2D eigenvalue weighted by Crippen LogP contribution is 2.09. The van der Waals surface area contributed by atoms with Crippen molar-refractivity contribution in [2.45, 2.75) is 32.9 Å². The van der Waals surface area contributed by atoms with E-state index in [9.17, 15) is 4.79 Å². The van der Waals surface area contributed by atoms with Gasteiger partial charge in [0.2, 0.25) is 5.91 Å². The third-order valence-corrected chi connectivity index (χ3v) is 3.18. The van der Waals surface area contributed by atoms with E-state index in [1.54, 1.807) is 0 Å². The first-order chi connectivity index (χ1) is 10.2. The van der Waals surface area contributed by atoms with Gasteiger partial charge in [0.1, 0.15) is 0 Å². The van der Waals surface area contributed by atoms with Crippen LogP contribution in [-0.2, 0) is 17.9 Å². The Balaban J connectivity index is 1.59. The Hall–Kier alpha value is -2.14. The van der Waals surface area contributed by atoms with Gasteiger partial charge in [-0.2, -0.15) is 0 Å². The lowest BCUT2D eigenvalue weighted by Crippen LogP contribution is -2.15. The van der Waals surface area contributed by atoms with Crippen LogP contribution in [0.3, 0.4) is 0 Å². The molecule has 0 saturated carbocycles. The molecule has 21 heavy (non-hydrogen) atoms. The van der Waals surface area contributed by atoms with Crippen molar-refractivity contribution in [1.29, 1.82) is 0 Å². The van der Waals surface area contributed by atoms with Crippen LogP contribution >= 0.6 is 0 Å². The van der Waals surface area contributed by atoms with E-state index in [1.165, 1.54) is 12.5 Å². The van der Waals surface area contributed by atoms with E-state index >= 15 is 0 Å². The molecule has 0 aliphatic heterocycles. The first-order valence-electron chi connectivity index (χ1n) is 7.27. The van der Waals surface area contributed by atoms with Gasteiger partial charge < -0.3 is 15.2 Å². The van der Waals surface area contributed by atoms with Crippen LogP contribution < -0.4 is 10.6 Å². The van der Waals surface area contributed by atoms with Gasteiger partial charge in [-0.15, -0.1) is 0 Å². The number of hydrogen-bond donors (Lipinski definition) is 2. The van der Waals surface area contributed by atoms with Crippen molar-refractivity contribution in [3.63, 3.8) is 0 Å². The zero-order valence-electron chi connectivity index (χ0n) is 12.4. The van der Waals surface area contributed by atoms with Gasteiger partial charge in [-0.3, -0.25) is 4.79 Å². The molecule has 1 amide bonds. The SMILES string of the molecule is CC(=O)Nc1ccc(CNCCCCn2ccnc2)cc1. The maximum atomic E-state index is 10.9. The van der Waals surface area contributed by atoms with Crippen LogP contribution in [0.1, 0.15) is 25.3 Å². The number of nitrogens with zero attached hydrogens (tertiary/aromatic N) is 2. The molecule has 0 fully saturated rings. The van der Waals surface area contributed by atoms with E-state index in [0.717, 1.165) is 38.2 Å². The molecule has 2 rings (SSSR count). The molecule has 2 N–H and O–H groups in total. The molecule has 0 atom stereocenters. The monoisotopic (exact) mass is 286 g/mol. The second kappa shape index (κ2) is 8.21. The van der Waals surface area contributed by atoms with Crippen molar-refractivity contribution in [3.05, 3.63) is 48.5 Å². The Morgan fingerprint density at radius 2 is 2.05 bits per heavy atom. The average molecular weight is 286 g/mol. The van der Waals surface area contributed by atoms with Gasteiger partial charge in [0.05, 0.1) is 6.33 Å². The third kappa shape index (κ3) is 5.79. The Morgan fingerprint density at radius 1 is 1.24 bits per heavy atom. The van der Waals surface area contributed by atoms with Gasteiger partial charge >= 0.3 is 0 Å². The maximum Gasteiger partial charge on any atom is 0.221 e. The number of hydrogen-bond acceptors (Lipinski definition) is 3. The van der Waals surface area contributed by atoms with Crippen molar-refractivity contribution in [1.82, 2.24) is 14.9 Å². The molecule has 5 nitrogen and oxygen atoms in total. The molecular formula is C16H22N4O. The average Bonchev–Trinajstić information content (AvgIpc) is 2.97. The number of aryl methyl sites for hydroxylation is 1. The fraction of sp³-hybridized carbons (Fsp3) is 0.375. The molecule has 0 bridgehead atoms. The van der Waals surface area contributed by atoms with E-state index < -0.39 is 0 Å². The molecule has 1 aromatic carbocycles. The lowest BCUT2D eigenvalue weighted by Gasteiger charge is -2.07. The van der Waals surface area contributed by atoms with Gasteiger partial charge in [-0.05, 0) is 37.1 Å². The Morgan fingerprint density at radius 3 is 2.71 bits per heavy atom. The fourth-order valence-electron chi connectivity index (χ4n) is 2.11. The minimum atomic E-state index is -0.0428. The standard InChI is InChI=1S/C16H22N4O/c1-14(21)19-16-6-4-15(5-7-16)12-17-8-2-3-10-20-11-9-18-13-20/h4-7,9,11,13,17H,2-3,8,10,12H2,1H3,(H,19,21). The van der Waals surface area contributed by atoms with Gasteiger partial charge in [0.15, 0.2) is 0 Å². The number of carbonyl (C=O) groups excluding carboxylic acids is 1. The molecular weight excluding hydrogens is 264 g/mol. The number of unbranched alkanes of at least 4 members (excludes halogenated alkanes) is 1. The molecule has 0 aliphatic rings. The highest BCUT2D eigenvalue weighted by atomic mass is 16.1. The van der Waals surface area contributed by atoms with Crippen LogP contribution in [0.15, 0.2) is 43.0 Å². The highest BCUT2D eigenvalue weighted by molar-refractivity contribution is 5.88. The number of rotatable bonds is 8. The largest absolute Gasteiger partial charge is 0.337 e. The van der Waals surface area contributed by atoms with Crippen LogP contribution in [0.4, 0.5) is 5.69 Å². The number of benzene rings is 1. The Bertz CT molecular complexity index is 534. The first kappa shape index (κ1) is 15.3. The summed E-state index contributed by atoms with van der Waals surface area (Å²) in [5.41, 5.74) is 2.06. The number of amides is 1. The van der Waals surface area contributed by atoms with Crippen molar-refractivity contribution >= 4 is 11.6 Å². The van der Waals surface area contributed by atoms with E-state index in [-0.39, 0.29) is 5.91 Å². The highest BCUT2D eigenvalue weighted by Gasteiger charge is 1.97. The van der Waals surface area contributed by atoms with E-state index in [4.69, 9.17) is 0 Å². The summed E-state index contributed by atoms with van der Waals surface area (Å²) in [4.78, 5) is 14.9. The predicted octanol–water partition coefficient (Wildman–Crippen LogP) is 2.41. The Labute approximate surface area is 125 Å². The minimum absolute atomic E-state index is 0.0428. The topological polar surface area (TPSA) is 59.0 Å². The zero-order chi connectivity index (χ0) is 14.9. The smallest absolute Gasteiger partial charge is 0.221 e. The molecule has 1 heterocycles. The number of aromatic nitrogens is 2. The molecule has 2 aromatic rings.